The van der Waals surface area contributed by atoms with Gasteiger partial charge in [0.1, 0.15) is 0 Å². The summed E-state index contributed by atoms with van der Waals surface area (Å²) < 4.78 is 0. The van der Waals surface area contributed by atoms with E-state index in [1.54, 1.807) is 0 Å². The van der Waals surface area contributed by atoms with Gasteiger partial charge in [0.25, 0.3) is 0 Å². The van der Waals surface area contributed by atoms with Crippen LogP contribution in [0.2, 0.25) is 5.02 Å². The van der Waals surface area contributed by atoms with E-state index in [-0.39, 0.29) is 0 Å². The summed E-state index contributed by atoms with van der Waals surface area (Å²) in [6, 6.07) is 6.85. The van der Waals surface area contributed by atoms with Gasteiger partial charge in [0.15, 0.2) is 0 Å². The summed E-state index contributed by atoms with van der Waals surface area (Å²) in [5.74, 6) is 0.780. The Morgan fingerprint density at radius 2 is 1.94 bits per heavy atom. The average Bonchev–Trinajstić information content (AvgIpc) is 2.70. The van der Waals surface area contributed by atoms with Crippen molar-refractivity contribution in [2.75, 3.05) is 7.05 Å². The van der Waals surface area contributed by atoms with Gasteiger partial charge in [-0.2, -0.15) is 0 Å². The number of halogens is 1. The Balaban J connectivity index is 2.24. The molecule has 1 aromatic rings. The third kappa shape index (κ3) is 2.58. The molecule has 1 unspecified atom stereocenters. The zero-order valence-electron chi connectivity index (χ0n) is 10.1. The van der Waals surface area contributed by atoms with Gasteiger partial charge in [-0.15, -0.1) is 0 Å². The first-order valence-corrected chi connectivity index (χ1v) is 6.53. The Morgan fingerprint density at radius 1 is 1.25 bits per heavy atom. The highest BCUT2D eigenvalue weighted by Crippen LogP contribution is 2.36. The molecule has 88 valence electrons. The van der Waals surface area contributed by atoms with Crippen molar-refractivity contribution >= 4 is 11.6 Å². The summed E-state index contributed by atoms with van der Waals surface area (Å²) in [6.45, 7) is 2.11. The lowest BCUT2D eigenvalue weighted by Crippen LogP contribution is -2.23. The van der Waals surface area contributed by atoms with E-state index >= 15 is 0 Å². The fourth-order valence-corrected chi connectivity index (χ4v) is 3.21. The molecule has 1 N–H and O–H groups in total. The standard InChI is InChI=1S/C14H20ClN/c1-10-7-12(9-13(15)8-10)14(16-2)11-5-3-4-6-11/h7-9,11,14,16H,3-6H2,1-2H3. The first-order valence-electron chi connectivity index (χ1n) is 6.15. The van der Waals surface area contributed by atoms with Crippen LogP contribution in [-0.4, -0.2) is 7.05 Å². The monoisotopic (exact) mass is 237 g/mol. The second-order valence-corrected chi connectivity index (χ2v) is 5.31. The van der Waals surface area contributed by atoms with Crippen molar-refractivity contribution in [3.05, 3.63) is 34.3 Å². The van der Waals surface area contributed by atoms with Crippen LogP contribution in [0.1, 0.15) is 42.9 Å². The third-order valence-corrected chi connectivity index (χ3v) is 3.82. The molecular weight excluding hydrogens is 218 g/mol. The number of hydrogen-bond donors (Lipinski definition) is 1. The lowest BCUT2D eigenvalue weighted by atomic mass is 9.91. The number of nitrogens with one attached hydrogen (secondary N) is 1. The summed E-state index contributed by atoms with van der Waals surface area (Å²) in [4.78, 5) is 0. The van der Waals surface area contributed by atoms with Crippen LogP contribution in [0.25, 0.3) is 0 Å². The predicted octanol–water partition coefficient (Wildman–Crippen LogP) is 4.10. The molecule has 0 spiro atoms. The van der Waals surface area contributed by atoms with Crippen molar-refractivity contribution < 1.29 is 0 Å². The molecule has 0 amide bonds. The van der Waals surface area contributed by atoms with Crippen LogP contribution < -0.4 is 5.32 Å². The summed E-state index contributed by atoms with van der Waals surface area (Å²) in [5, 5.41) is 4.31. The molecule has 0 heterocycles. The van der Waals surface area contributed by atoms with Gasteiger partial charge in [0.2, 0.25) is 0 Å². The highest BCUT2D eigenvalue weighted by Gasteiger charge is 2.25. The predicted molar refractivity (Wildman–Crippen MR) is 69.9 cm³/mol. The lowest BCUT2D eigenvalue weighted by Gasteiger charge is -2.24. The van der Waals surface area contributed by atoms with Crippen molar-refractivity contribution in [3.63, 3.8) is 0 Å². The molecule has 0 radical (unpaired) electrons. The van der Waals surface area contributed by atoms with Gasteiger partial charge in [-0.3, -0.25) is 0 Å². The molecule has 2 rings (SSSR count). The van der Waals surface area contributed by atoms with Gasteiger partial charge in [-0.25, -0.2) is 0 Å². The van der Waals surface area contributed by atoms with E-state index in [0.29, 0.717) is 6.04 Å². The molecule has 1 aliphatic rings. The molecule has 1 fully saturated rings. The molecular formula is C14H20ClN. The minimum atomic E-state index is 0.472. The van der Waals surface area contributed by atoms with Gasteiger partial charge in [0.05, 0.1) is 0 Å². The summed E-state index contributed by atoms with van der Waals surface area (Å²) >= 11 is 6.13. The largest absolute Gasteiger partial charge is 0.313 e. The number of rotatable bonds is 3. The van der Waals surface area contributed by atoms with Gasteiger partial charge in [-0.05, 0) is 56.0 Å². The molecule has 1 nitrogen and oxygen atoms in total. The van der Waals surface area contributed by atoms with E-state index in [1.165, 1.54) is 36.8 Å². The van der Waals surface area contributed by atoms with Crippen LogP contribution in [0.3, 0.4) is 0 Å². The van der Waals surface area contributed by atoms with E-state index in [9.17, 15) is 0 Å². The van der Waals surface area contributed by atoms with Crippen LogP contribution in [-0.2, 0) is 0 Å². The van der Waals surface area contributed by atoms with E-state index < -0.39 is 0 Å². The molecule has 0 saturated heterocycles. The van der Waals surface area contributed by atoms with Crippen LogP contribution in [0, 0.1) is 12.8 Å². The molecule has 0 bridgehead atoms. The minimum Gasteiger partial charge on any atom is -0.313 e. The van der Waals surface area contributed by atoms with Crippen LogP contribution in [0.5, 0.6) is 0 Å². The quantitative estimate of drug-likeness (QED) is 0.835. The number of benzene rings is 1. The van der Waals surface area contributed by atoms with Crippen LogP contribution in [0.4, 0.5) is 0 Å². The van der Waals surface area contributed by atoms with Crippen molar-refractivity contribution in [1.29, 1.82) is 0 Å². The van der Waals surface area contributed by atoms with E-state index in [0.717, 1.165) is 10.9 Å². The zero-order valence-corrected chi connectivity index (χ0v) is 10.8. The molecule has 0 aromatic heterocycles. The van der Waals surface area contributed by atoms with E-state index in [2.05, 4.69) is 31.4 Å². The second kappa shape index (κ2) is 5.20. The second-order valence-electron chi connectivity index (χ2n) is 4.87. The van der Waals surface area contributed by atoms with Gasteiger partial charge in [-0.1, -0.05) is 30.5 Å². The Hall–Kier alpha value is -0.530. The Bertz CT molecular complexity index is 336. The highest BCUT2D eigenvalue weighted by atomic mass is 35.5. The van der Waals surface area contributed by atoms with Gasteiger partial charge in [0, 0.05) is 11.1 Å². The van der Waals surface area contributed by atoms with Gasteiger partial charge < -0.3 is 5.32 Å². The zero-order chi connectivity index (χ0) is 11.5. The molecule has 1 atom stereocenters. The van der Waals surface area contributed by atoms with Crippen LogP contribution in [0.15, 0.2) is 18.2 Å². The highest BCUT2D eigenvalue weighted by molar-refractivity contribution is 6.30. The fraction of sp³-hybridized carbons (Fsp3) is 0.571. The summed E-state index contributed by atoms with van der Waals surface area (Å²) in [7, 11) is 2.05. The average molecular weight is 238 g/mol. The van der Waals surface area contributed by atoms with Gasteiger partial charge >= 0.3 is 0 Å². The van der Waals surface area contributed by atoms with Crippen molar-refractivity contribution in [2.24, 2.45) is 5.92 Å². The molecule has 16 heavy (non-hydrogen) atoms. The first kappa shape index (κ1) is 11.9. The molecule has 2 heteroatoms. The lowest BCUT2D eigenvalue weighted by molar-refractivity contribution is 0.390. The van der Waals surface area contributed by atoms with E-state index in [1.807, 2.05) is 6.07 Å². The van der Waals surface area contributed by atoms with E-state index in [4.69, 9.17) is 11.6 Å². The maximum absolute atomic E-state index is 6.13. The molecule has 1 aliphatic carbocycles. The normalized spacial score (nSPS) is 18.9. The van der Waals surface area contributed by atoms with Crippen LogP contribution >= 0.6 is 11.6 Å². The Morgan fingerprint density at radius 3 is 2.50 bits per heavy atom. The molecule has 0 aliphatic heterocycles. The number of aryl methyl sites for hydroxylation is 1. The summed E-state index contributed by atoms with van der Waals surface area (Å²) in [6.07, 6.45) is 5.44. The SMILES string of the molecule is CNC(c1cc(C)cc(Cl)c1)C1CCCC1. The maximum Gasteiger partial charge on any atom is 0.0411 e. The number of hydrogen-bond acceptors (Lipinski definition) is 1. The molecule has 1 saturated carbocycles. The third-order valence-electron chi connectivity index (χ3n) is 3.61. The smallest absolute Gasteiger partial charge is 0.0411 e. The Labute approximate surface area is 103 Å². The van der Waals surface area contributed by atoms with Crippen molar-refractivity contribution in [2.45, 2.75) is 38.6 Å². The molecule has 1 aromatic carbocycles. The minimum absolute atomic E-state index is 0.472. The maximum atomic E-state index is 6.13. The fourth-order valence-electron chi connectivity index (χ4n) is 2.91. The topological polar surface area (TPSA) is 12.0 Å². The van der Waals surface area contributed by atoms with Crippen molar-refractivity contribution in [3.8, 4) is 0 Å². The summed E-state index contributed by atoms with van der Waals surface area (Å²) in [5.41, 5.74) is 2.60. The Kier molecular flexibility index (Phi) is 3.88. The first-order chi connectivity index (χ1) is 7.70. The van der Waals surface area contributed by atoms with Crippen molar-refractivity contribution in [1.82, 2.24) is 5.32 Å².